The first kappa shape index (κ1) is 16.6. The van der Waals surface area contributed by atoms with Gasteiger partial charge in [0.05, 0.1) is 4.92 Å². The molecule has 0 radical (unpaired) electrons. The number of non-ortho nitro benzene ring substituents is 1. The van der Waals surface area contributed by atoms with E-state index in [-0.39, 0.29) is 11.6 Å². The van der Waals surface area contributed by atoms with Crippen LogP contribution in [0.1, 0.15) is 30.2 Å². The summed E-state index contributed by atoms with van der Waals surface area (Å²) in [5.41, 5.74) is 0.602. The van der Waals surface area contributed by atoms with Crippen molar-refractivity contribution in [1.29, 1.82) is 0 Å². The Morgan fingerprint density at radius 2 is 2.12 bits per heavy atom. The summed E-state index contributed by atoms with van der Waals surface area (Å²) in [6, 6.07) is 10.5. The summed E-state index contributed by atoms with van der Waals surface area (Å²) in [7, 11) is 0. The van der Waals surface area contributed by atoms with E-state index in [0.29, 0.717) is 18.2 Å². The number of nitro benzene ring substituents is 1. The molecule has 0 bridgehead atoms. The molecule has 1 N–H and O–H groups in total. The molecule has 2 heterocycles. The SMILES string of the molecule is O=C(CCN1CCC[C@@H]1c1cccs1)Nc1ccc([N+](=O)[O-])cc1. The smallest absolute Gasteiger partial charge is 0.269 e. The van der Waals surface area contributed by atoms with Gasteiger partial charge >= 0.3 is 0 Å². The van der Waals surface area contributed by atoms with E-state index in [1.165, 1.54) is 17.0 Å². The number of nitro groups is 1. The molecule has 1 saturated heterocycles. The third-order valence-electron chi connectivity index (χ3n) is 4.22. The van der Waals surface area contributed by atoms with Crippen LogP contribution in [0.4, 0.5) is 11.4 Å². The molecule has 126 valence electrons. The number of carbonyl (C=O) groups excluding carboxylic acids is 1. The lowest BCUT2D eigenvalue weighted by atomic mass is 10.2. The molecule has 7 heteroatoms. The van der Waals surface area contributed by atoms with E-state index in [2.05, 4.69) is 27.7 Å². The number of likely N-dealkylation sites (tertiary alicyclic amines) is 1. The minimum absolute atomic E-state index is 0.0175. The normalized spacial score (nSPS) is 17.8. The van der Waals surface area contributed by atoms with Gasteiger partial charge in [-0.05, 0) is 43.0 Å². The van der Waals surface area contributed by atoms with E-state index >= 15 is 0 Å². The van der Waals surface area contributed by atoms with Crippen molar-refractivity contribution in [1.82, 2.24) is 4.90 Å². The Hall–Kier alpha value is -2.25. The molecule has 1 atom stereocenters. The Bertz CT molecular complexity index is 700. The van der Waals surface area contributed by atoms with Crippen LogP contribution >= 0.6 is 11.3 Å². The van der Waals surface area contributed by atoms with Gasteiger partial charge in [0.25, 0.3) is 5.69 Å². The van der Waals surface area contributed by atoms with Crippen molar-refractivity contribution in [2.45, 2.75) is 25.3 Å². The zero-order valence-electron chi connectivity index (χ0n) is 13.2. The number of amides is 1. The van der Waals surface area contributed by atoms with Gasteiger partial charge in [0.2, 0.25) is 5.91 Å². The van der Waals surface area contributed by atoms with Crippen LogP contribution in [0.15, 0.2) is 41.8 Å². The van der Waals surface area contributed by atoms with Crippen LogP contribution in [-0.4, -0.2) is 28.8 Å². The van der Waals surface area contributed by atoms with Gasteiger partial charge in [0.15, 0.2) is 0 Å². The number of anilines is 1. The van der Waals surface area contributed by atoms with Gasteiger partial charge < -0.3 is 5.32 Å². The summed E-state index contributed by atoms with van der Waals surface area (Å²) in [5.74, 6) is -0.0688. The highest BCUT2D eigenvalue weighted by Gasteiger charge is 2.26. The standard InChI is InChI=1S/C17H19N3O3S/c21-17(18-13-5-7-14(8-6-13)20(22)23)9-11-19-10-1-3-15(19)16-4-2-12-24-16/h2,4-8,12,15H,1,3,9-11H2,(H,18,21)/t15-/m1/s1. The van der Waals surface area contributed by atoms with Gasteiger partial charge in [-0.3, -0.25) is 19.8 Å². The van der Waals surface area contributed by atoms with E-state index in [0.717, 1.165) is 25.9 Å². The Labute approximate surface area is 144 Å². The first-order valence-electron chi connectivity index (χ1n) is 7.95. The molecular weight excluding hydrogens is 326 g/mol. The highest BCUT2D eigenvalue weighted by Crippen LogP contribution is 2.34. The Balaban J connectivity index is 1.51. The van der Waals surface area contributed by atoms with E-state index in [9.17, 15) is 14.9 Å². The van der Waals surface area contributed by atoms with Gasteiger partial charge in [-0.1, -0.05) is 6.07 Å². The second-order valence-electron chi connectivity index (χ2n) is 5.81. The van der Waals surface area contributed by atoms with Gasteiger partial charge in [-0.2, -0.15) is 0 Å². The van der Waals surface area contributed by atoms with Crippen molar-refractivity contribution in [3.63, 3.8) is 0 Å². The molecule has 0 aliphatic carbocycles. The summed E-state index contributed by atoms with van der Waals surface area (Å²) in [6.45, 7) is 1.74. The maximum atomic E-state index is 12.1. The number of nitrogens with one attached hydrogen (secondary N) is 1. The van der Waals surface area contributed by atoms with Gasteiger partial charge in [-0.15, -0.1) is 11.3 Å². The van der Waals surface area contributed by atoms with Crippen LogP contribution in [0.2, 0.25) is 0 Å². The molecular formula is C17H19N3O3S. The fourth-order valence-corrected chi connectivity index (χ4v) is 3.93. The lowest BCUT2D eigenvalue weighted by Gasteiger charge is -2.23. The number of hydrogen-bond donors (Lipinski definition) is 1. The third kappa shape index (κ3) is 3.98. The van der Waals surface area contributed by atoms with E-state index in [1.807, 2.05) is 0 Å². The highest BCUT2D eigenvalue weighted by atomic mass is 32.1. The number of benzene rings is 1. The van der Waals surface area contributed by atoms with Gasteiger partial charge in [0, 0.05) is 41.7 Å². The van der Waals surface area contributed by atoms with Crippen molar-refractivity contribution in [2.75, 3.05) is 18.4 Å². The topological polar surface area (TPSA) is 75.5 Å². The molecule has 6 nitrogen and oxygen atoms in total. The van der Waals surface area contributed by atoms with Crippen LogP contribution in [0.5, 0.6) is 0 Å². The molecule has 24 heavy (non-hydrogen) atoms. The molecule has 0 unspecified atom stereocenters. The predicted octanol–water partition coefficient (Wildman–Crippen LogP) is 3.82. The molecule has 0 saturated carbocycles. The number of thiophene rings is 1. The lowest BCUT2D eigenvalue weighted by Crippen LogP contribution is -2.27. The largest absolute Gasteiger partial charge is 0.326 e. The zero-order chi connectivity index (χ0) is 16.9. The second-order valence-corrected chi connectivity index (χ2v) is 6.79. The van der Waals surface area contributed by atoms with Gasteiger partial charge in [-0.25, -0.2) is 0 Å². The van der Waals surface area contributed by atoms with Crippen molar-refractivity contribution in [3.8, 4) is 0 Å². The van der Waals surface area contributed by atoms with Crippen molar-refractivity contribution >= 4 is 28.6 Å². The number of carbonyl (C=O) groups is 1. The second kappa shape index (κ2) is 7.55. The third-order valence-corrected chi connectivity index (χ3v) is 5.20. The summed E-state index contributed by atoms with van der Waals surface area (Å²) < 4.78 is 0. The number of hydrogen-bond acceptors (Lipinski definition) is 5. The molecule has 1 aromatic carbocycles. The zero-order valence-corrected chi connectivity index (χ0v) is 14.0. The Morgan fingerprint density at radius 3 is 2.79 bits per heavy atom. The molecule has 1 fully saturated rings. The predicted molar refractivity (Wildman–Crippen MR) is 94.2 cm³/mol. The van der Waals surface area contributed by atoms with Crippen LogP contribution in [0.25, 0.3) is 0 Å². The number of nitrogens with zero attached hydrogens (tertiary/aromatic N) is 2. The molecule has 1 aromatic heterocycles. The summed E-state index contributed by atoms with van der Waals surface area (Å²) >= 11 is 1.77. The van der Waals surface area contributed by atoms with Crippen molar-refractivity contribution in [3.05, 3.63) is 56.8 Å². The fraction of sp³-hybridized carbons (Fsp3) is 0.353. The van der Waals surface area contributed by atoms with Crippen molar-refractivity contribution < 1.29 is 9.72 Å². The fourth-order valence-electron chi connectivity index (χ4n) is 3.03. The Morgan fingerprint density at radius 1 is 1.33 bits per heavy atom. The average molecular weight is 345 g/mol. The first-order valence-corrected chi connectivity index (χ1v) is 8.83. The molecule has 3 rings (SSSR count). The molecule has 1 aliphatic rings. The van der Waals surface area contributed by atoms with E-state index < -0.39 is 4.92 Å². The average Bonchev–Trinajstić information content (AvgIpc) is 3.24. The molecule has 1 aliphatic heterocycles. The molecule has 2 aromatic rings. The van der Waals surface area contributed by atoms with Crippen molar-refractivity contribution in [2.24, 2.45) is 0 Å². The van der Waals surface area contributed by atoms with Crippen LogP contribution in [0, 0.1) is 10.1 Å². The van der Waals surface area contributed by atoms with Gasteiger partial charge in [0.1, 0.15) is 0 Å². The van der Waals surface area contributed by atoms with Crippen LogP contribution in [-0.2, 0) is 4.79 Å². The summed E-state index contributed by atoms with van der Waals surface area (Å²) in [6.07, 6.45) is 2.72. The summed E-state index contributed by atoms with van der Waals surface area (Å²) in [4.78, 5) is 26.0. The van der Waals surface area contributed by atoms with Crippen LogP contribution < -0.4 is 5.32 Å². The minimum atomic E-state index is -0.455. The van der Waals surface area contributed by atoms with E-state index in [4.69, 9.17) is 0 Å². The van der Waals surface area contributed by atoms with E-state index in [1.54, 1.807) is 23.5 Å². The maximum absolute atomic E-state index is 12.1. The Kier molecular flexibility index (Phi) is 5.22. The first-order chi connectivity index (χ1) is 11.6. The maximum Gasteiger partial charge on any atom is 0.269 e. The number of rotatable bonds is 6. The monoisotopic (exact) mass is 345 g/mol. The quantitative estimate of drug-likeness (QED) is 0.638. The highest BCUT2D eigenvalue weighted by molar-refractivity contribution is 7.10. The van der Waals surface area contributed by atoms with Crippen LogP contribution in [0.3, 0.4) is 0 Å². The minimum Gasteiger partial charge on any atom is -0.326 e. The molecule has 0 spiro atoms. The molecule has 1 amide bonds. The lowest BCUT2D eigenvalue weighted by molar-refractivity contribution is -0.384. The summed E-state index contributed by atoms with van der Waals surface area (Å²) in [5, 5.41) is 15.5.